The Morgan fingerprint density at radius 2 is 0.946 bits per heavy atom. The van der Waals surface area contributed by atoms with E-state index in [1.807, 2.05) is 86.6 Å². The summed E-state index contributed by atoms with van der Waals surface area (Å²) in [6.07, 6.45) is 6.69. The average molecular weight is 751 g/mol. The summed E-state index contributed by atoms with van der Waals surface area (Å²) < 4.78 is 23.6. The van der Waals surface area contributed by atoms with E-state index in [-0.39, 0.29) is 36.1 Å². The van der Waals surface area contributed by atoms with Crippen LogP contribution in [0, 0.1) is 35.5 Å². The highest BCUT2D eigenvalue weighted by Crippen LogP contribution is 2.33. The summed E-state index contributed by atoms with van der Waals surface area (Å²) in [5.41, 5.74) is 6.06. The second kappa shape index (κ2) is 17.7. The van der Waals surface area contributed by atoms with Crippen molar-refractivity contribution in [3.8, 4) is 46.7 Å². The molecule has 8 nitrogen and oxygen atoms in total. The molecule has 8 rings (SSSR count). The van der Waals surface area contributed by atoms with Gasteiger partial charge < -0.3 is 29.6 Å². The molecule has 0 aromatic heterocycles. The quantitative estimate of drug-likeness (QED) is 0.164. The molecule has 4 aliphatic rings. The monoisotopic (exact) mass is 750 g/mol. The molecule has 8 heteroatoms. The number of benzene rings is 4. The molecule has 0 bridgehead atoms. The molecule has 0 saturated heterocycles. The van der Waals surface area contributed by atoms with E-state index < -0.39 is 0 Å². The lowest BCUT2D eigenvalue weighted by atomic mass is 10.0. The Bertz CT molecular complexity index is 1990. The average Bonchev–Trinajstić information content (AvgIpc) is 4.12. The second-order valence-electron chi connectivity index (χ2n) is 15.4. The maximum absolute atomic E-state index is 11.3. The Balaban J connectivity index is 0.000000172. The molecule has 4 aromatic carbocycles. The molecule has 2 fully saturated rings. The Morgan fingerprint density at radius 1 is 0.589 bits per heavy atom. The van der Waals surface area contributed by atoms with Gasteiger partial charge in [0.25, 0.3) is 0 Å². The molecule has 0 radical (unpaired) electrons. The molecule has 288 valence electrons. The van der Waals surface area contributed by atoms with Gasteiger partial charge in [-0.2, -0.15) is 0 Å². The molecule has 2 heterocycles. The summed E-state index contributed by atoms with van der Waals surface area (Å²) in [7, 11) is 0. The number of carbonyl (C=O) groups is 2. The summed E-state index contributed by atoms with van der Waals surface area (Å²) in [5.74, 6) is 17.8. The van der Waals surface area contributed by atoms with Crippen LogP contribution >= 0.6 is 0 Å². The normalized spacial score (nSPS) is 18.3. The van der Waals surface area contributed by atoms with Crippen LogP contribution in [0.4, 0.5) is 0 Å². The van der Waals surface area contributed by atoms with Crippen LogP contribution in [0.1, 0.15) is 86.8 Å². The zero-order valence-electron chi connectivity index (χ0n) is 32.7. The molecular weight excluding hydrogens is 701 g/mol. The van der Waals surface area contributed by atoms with E-state index in [1.165, 1.54) is 39.5 Å². The highest BCUT2D eigenvalue weighted by atomic mass is 16.5. The van der Waals surface area contributed by atoms with Crippen molar-refractivity contribution >= 4 is 11.8 Å². The van der Waals surface area contributed by atoms with Crippen LogP contribution in [0.3, 0.4) is 0 Å². The third-order valence-corrected chi connectivity index (χ3v) is 10.3. The van der Waals surface area contributed by atoms with Crippen LogP contribution in [-0.2, 0) is 22.4 Å². The van der Waals surface area contributed by atoms with Crippen LogP contribution in [-0.4, -0.2) is 49.3 Å². The van der Waals surface area contributed by atoms with Crippen molar-refractivity contribution in [2.75, 3.05) is 13.2 Å². The Kier molecular flexibility index (Phi) is 12.2. The summed E-state index contributed by atoms with van der Waals surface area (Å²) in [5, 5.41) is 5.80. The van der Waals surface area contributed by atoms with Crippen molar-refractivity contribution < 1.29 is 28.5 Å². The zero-order valence-corrected chi connectivity index (χ0v) is 32.7. The van der Waals surface area contributed by atoms with Crippen molar-refractivity contribution in [3.63, 3.8) is 0 Å². The lowest BCUT2D eigenvalue weighted by Gasteiger charge is -2.19. The zero-order chi connectivity index (χ0) is 39.0. The van der Waals surface area contributed by atoms with Crippen molar-refractivity contribution in [3.05, 3.63) is 118 Å². The third-order valence-electron chi connectivity index (χ3n) is 10.3. The maximum atomic E-state index is 11.3. The van der Waals surface area contributed by atoms with E-state index in [2.05, 4.69) is 46.4 Å². The van der Waals surface area contributed by atoms with Crippen LogP contribution in [0.5, 0.6) is 23.0 Å². The molecule has 2 aliphatic heterocycles. The van der Waals surface area contributed by atoms with Crippen molar-refractivity contribution in [1.82, 2.24) is 10.6 Å². The smallest absolute Gasteiger partial charge is 0.217 e. The van der Waals surface area contributed by atoms with Gasteiger partial charge in [0.05, 0.1) is 25.3 Å². The fraction of sp³-hybridized carbons (Fsp3) is 0.375. The summed E-state index contributed by atoms with van der Waals surface area (Å²) in [4.78, 5) is 22.5. The SMILES string of the molecule is CC(=O)N[C@@H](C)[C@H]1Cc2ccc(C#Cc3ccc(OCC4CC4)cc3)cc2O1.CC(=O)N[C@H](C)[C@@H]1Cc2ccc(C#Cc3ccc(OCC4CC4)cc3)cc2O1. The molecule has 2 N–H and O–H groups in total. The fourth-order valence-electron chi connectivity index (χ4n) is 6.60. The Morgan fingerprint density at radius 3 is 1.30 bits per heavy atom. The van der Waals surface area contributed by atoms with Crippen molar-refractivity contribution in [2.24, 2.45) is 11.8 Å². The first-order valence-corrected chi connectivity index (χ1v) is 19.8. The van der Waals surface area contributed by atoms with Gasteiger partial charge >= 0.3 is 0 Å². The van der Waals surface area contributed by atoms with Crippen LogP contribution in [0.15, 0.2) is 84.9 Å². The molecule has 4 atom stereocenters. The number of fused-ring (bicyclic) bond motifs is 2. The number of hydrogen-bond acceptors (Lipinski definition) is 6. The van der Waals surface area contributed by atoms with Gasteiger partial charge in [0, 0.05) is 48.9 Å². The first-order chi connectivity index (χ1) is 27.1. The molecule has 2 aliphatic carbocycles. The lowest BCUT2D eigenvalue weighted by Crippen LogP contribution is -2.42. The predicted octanol–water partition coefficient (Wildman–Crippen LogP) is 7.41. The molecule has 2 amide bonds. The van der Waals surface area contributed by atoms with Gasteiger partial charge in [-0.3, -0.25) is 9.59 Å². The number of rotatable bonds is 10. The van der Waals surface area contributed by atoms with E-state index in [0.29, 0.717) is 0 Å². The van der Waals surface area contributed by atoms with E-state index in [1.54, 1.807) is 0 Å². The highest BCUT2D eigenvalue weighted by molar-refractivity contribution is 5.73. The predicted molar refractivity (Wildman–Crippen MR) is 217 cm³/mol. The summed E-state index contributed by atoms with van der Waals surface area (Å²) in [6.45, 7) is 8.63. The van der Waals surface area contributed by atoms with E-state index in [4.69, 9.17) is 18.9 Å². The Labute approximate surface area is 330 Å². The van der Waals surface area contributed by atoms with E-state index in [0.717, 1.165) is 94.3 Å². The summed E-state index contributed by atoms with van der Waals surface area (Å²) >= 11 is 0. The van der Waals surface area contributed by atoms with Gasteiger partial charge in [-0.1, -0.05) is 35.8 Å². The third kappa shape index (κ3) is 11.1. The second-order valence-corrected chi connectivity index (χ2v) is 15.4. The molecule has 56 heavy (non-hydrogen) atoms. The van der Waals surface area contributed by atoms with Crippen LogP contribution in [0.25, 0.3) is 0 Å². The van der Waals surface area contributed by atoms with Crippen molar-refractivity contribution in [1.29, 1.82) is 0 Å². The number of ether oxygens (including phenoxy) is 4. The minimum atomic E-state index is -0.0393. The fourth-order valence-corrected chi connectivity index (χ4v) is 6.60. The molecule has 2 saturated carbocycles. The minimum Gasteiger partial charge on any atom is -0.493 e. The molecule has 0 unspecified atom stereocenters. The Hall–Kier alpha value is -5.86. The van der Waals surface area contributed by atoms with Crippen LogP contribution in [0.2, 0.25) is 0 Å². The highest BCUT2D eigenvalue weighted by Gasteiger charge is 2.29. The lowest BCUT2D eigenvalue weighted by molar-refractivity contribution is -0.121. The number of amides is 2. The number of hydrogen-bond donors (Lipinski definition) is 2. The first kappa shape index (κ1) is 38.4. The summed E-state index contributed by atoms with van der Waals surface area (Å²) in [6, 6.07) is 28.0. The number of nitrogens with one attached hydrogen (secondary N) is 2. The minimum absolute atomic E-state index is 0.0277. The van der Waals surface area contributed by atoms with Gasteiger partial charge in [0.15, 0.2) is 0 Å². The van der Waals surface area contributed by atoms with Gasteiger partial charge in [-0.15, -0.1) is 0 Å². The topological polar surface area (TPSA) is 95.1 Å². The standard InChI is InChI=1S/2C24H25NO3/c2*1-16(25-17(2)26)23-14-21-10-7-19(13-24(21)28-23)4-3-18-8-11-22(12-9-18)27-15-20-5-6-20/h2*7-13,16,20,23H,5-6,14-15H2,1-2H3,(H,25,26)/t2*16-,23+/m10/s1. The largest absolute Gasteiger partial charge is 0.493 e. The van der Waals surface area contributed by atoms with Gasteiger partial charge in [-0.05, 0) is 135 Å². The van der Waals surface area contributed by atoms with E-state index >= 15 is 0 Å². The van der Waals surface area contributed by atoms with Gasteiger partial charge in [0.1, 0.15) is 35.2 Å². The maximum Gasteiger partial charge on any atom is 0.217 e. The molecule has 4 aromatic rings. The van der Waals surface area contributed by atoms with Crippen molar-refractivity contribution in [2.45, 2.75) is 90.5 Å². The molecular formula is C48H50N2O6. The van der Waals surface area contributed by atoms with Gasteiger partial charge in [-0.25, -0.2) is 0 Å². The number of carbonyl (C=O) groups excluding carboxylic acids is 2. The van der Waals surface area contributed by atoms with Gasteiger partial charge in [0.2, 0.25) is 11.8 Å². The van der Waals surface area contributed by atoms with Crippen LogP contribution < -0.4 is 29.6 Å². The molecule has 0 spiro atoms. The van der Waals surface area contributed by atoms with E-state index in [9.17, 15) is 9.59 Å². The first-order valence-electron chi connectivity index (χ1n) is 19.8.